The van der Waals surface area contributed by atoms with E-state index in [0.717, 1.165) is 5.56 Å². The van der Waals surface area contributed by atoms with Crippen molar-refractivity contribution in [3.05, 3.63) is 86.6 Å². The predicted molar refractivity (Wildman–Crippen MR) is 110 cm³/mol. The molecule has 2 aromatic carbocycles. The second-order valence-electron chi connectivity index (χ2n) is 5.78. The quantitative estimate of drug-likeness (QED) is 0.430. The number of furan rings is 1. The maximum absolute atomic E-state index is 12.2. The molecule has 0 amide bonds. The minimum absolute atomic E-state index is 0.237. The molecule has 0 aliphatic rings. The molecule has 0 aliphatic carbocycles. The van der Waals surface area contributed by atoms with Gasteiger partial charge in [-0.3, -0.25) is 4.79 Å². The van der Waals surface area contributed by atoms with Crippen molar-refractivity contribution in [1.82, 2.24) is 9.97 Å². The zero-order valence-electron chi connectivity index (χ0n) is 13.7. The molecule has 134 valence electrons. The number of hydrogen-bond acceptors (Lipinski definition) is 3. The molecule has 0 spiro atoms. The molecule has 0 fully saturated rings. The number of benzene rings is 2. The van der Waals surface area contributed by atoms with E-state index < -0.39 is 0 Å². The summed E-state index contributed by atoms with van der Waals surface area (Å²) in [6.07, 6.45) is 1.59. The van der Waals surface area contributed by atoms with Gasteiger partial charge >= 0.3 is 0 Å². The fourth-order valence-corrected chi connectivity index (χ4v) is 3.11. The van der Waals surface area contributed by atoms with E-state index in [1.165, 1.54) is 0 Å². The molecule has 0 radical (unpaired) electrons. The summed E-state index contributed by atoms with van der Waals surface area (Å²) in [5, 5.41) is 1.83. The summed E-state index contributed by atoms with van der Waals surface area (Å²) in [7, 11) is 0. The van der Waals surface area contributed by atoms with E-state index in [4.69, 9.17) is 39.2 Å². The number of aromatic nitrogens is 2. The van der Waals surface area contributed by atoms with Gasteiger partial charge in [0.25, 0.3) is 5.56 Å². The van der Waals surface area contributed by atoms with Crippen molar-refractivity contribution in [3.8, 4) is 11.3 Å². The minimum atomic E-state index is -0.292. The molecule has 1 N–H and O–H groups in total. The molecule has 0 unspecified atom stereocenters. The van der Waals surface area contributed by atoms with Crippen molar-refractivity contribution in [2.75, 3.05) is 0 Å². The van der Waals surface area contributed by atoms with Gasteiger partial charge in [0.05, 0.1) is 15.9 Å². The Labute approximate surface area is 169 Å². The van der Waals surface area contributed by atoms with Crippen LogP contribution in [0.3, 0.4) is 0 Å². The summed E-state index contributed by atoms with van der Waals surface area (Å²) < 4.78 is 5.79. The number of hydrogen-bond donors (Lipinski definition) is 1. The number of fused-ring (bicyclic) bond motifs is 1. The lowest BCUT2D eigenvalue weighted by atomic mass is 10.2. The van der Waals surface area contributed by atoms with Crippen LogP contribution in [0.5, 0.6) is 0 Å². The van der Waals surface area contributed by atoms with Crippen LogP contribution in [0.25, 0.3) is 33.3 Å². The van der Waals surface area contributed by atoms with Crippen LogP contribution in [0.15, 0.2) is 63.8 Å². The molecule has 0 bridgehead atoms. The van der Waals surface area contributed by atoms with Crippen LogP contribution in [-0.2, 0) is 0 Å². The Hall–Kier alpha value is -2.53. The first-order valence-electron chi connectivity index (χ1n) is 7.92. The van der Waals surface area contributed by atoms with Crippen molar-refractivity contribution in [2.24, 2.45) is 0 Å². The van der Waals surface area contributed by atoms with Gasteiger partial charge in [-0.25, -0.2) is 4.98 Å². The number of H-pyrrole nitrogens is 1. The van der Waals surface area contributed by atoms with Gasteiger partial charge in [-0.2, -0.15) is 0 Å². The van der Waals surface area contributed by atoms with Gasteiger partial charge in [-0.1, -0.05) is 34.8 Å². The molecule has 4 aromatic rings. The molecular weight excluding hydrogens is 407 g/mol. The summed E-state index contributed by atoms with van der Waals surface area (Å²) in [6, 6.07) is 15.8. The standard InChI is InChI=1S/C20H11Cl3N2O2/c21-12-3-1-11(2-4-12)18-8-6-14(27-18)10-16(23)19-24-17-9-13(22)5-7-15(17)20(26)25-19/h1-10H,(H,24,25,26)/b16-10-. The summed E-state index contributed by atoms with van der Waals surface area (Å²) in [5.74, 6) is 1.44. The van der Waals surface area contributed by atoms with E-state index in [9.17, 15) is 4.79 Å². The van der Waals surface area contributed by atoms with Crippen LogP contribution in [-0.4, -0.2) is 9.97 Å². The molecule has 2 aromatic heterocycles. The maximum Gasteiger partial charge on any atom is 0.259 e. The lowest BCUT2D eigenvalue weighted by molar-refractivity contribution is 0.572. The van der Waals surface area contributed by atoms with Gasteiger partial charge in [0, 0.05) is 21.7 Å². The Morgan fingerprint density at radius 3 is 2.52 bits per heavy atom. The third kappa shape index (κ3) is 3.78. The Morgan fingerprint density at radius 2 is 1.74 bits per heavy atom. The number of halogens is 3. The van der Waals surface area contributed by atoms with E-state index in [0.29, 0.717) is 32.5 Å². The van der Waals surface area contributed by atoms with Gasteiger partial charge in [-0.05, 0) is 54.6 Å². The highest BCUT2D eigenvalue weighted by Crippen LogP contribution is 2.27. The highest BCUT2D eigenvalue weighted by molar-refractivity contribution is 6.50. The third-order valence-corrected chi connectivity index (χ3v) is 4.69. The molecule has 0 atom stereocenters. The van der Waals surface area contributed by atoms with Crippen LogP contribution in [0.2, 0.25) is 10.0 Å². The molecule has 4 rings (SSSR count). The summed E-state index contributed by atoms with van der Waals surface area (Å²) >= 11 is 18.2. The lowest BCUT2D eigenvalue weighted by Gasteiger charge is -2.02. The largest absolute Gasteiger partial charge is 0.457 e. The maximum atomic E-state index is 12.2. The zero-order valence-corrected chi connectivity index (χ0v) is 15.9. The topological polar surface area (TPSA) is 58.9 Å². The average molecular weight is 418 g/mol. The Bertz CT molecular complexity index is 1220. The zero-order chi connectivity index (χ0) is 19.0. The Balaban J connectivity index is 1.69. The van der Waals surface area contributed by atoms with Crippen molar-refractivity contribution in [2.45, 2.75) is 0 Å². The van der Waals surface area contributed by atoms with E-state index in [1.807, 2.05) is 18.2 Å². The van der Waals surface area contributed by atoms with Gasteiger partial charge in [-0.15, -0.1) is 0 Å². The van der Waals surface area contributed by atoms with Gasteiger partial charge < -0.3 is 9.40 Å². The average Bonchev–Trinajstić information content (AvgIpc) is 3.10. The van der Waals surface area contributed by atoms with E-state index in [-0.39, 0.29) is 16.4 Å². The second kappa shape index (κ2) is 7.24. The molecular formula is C20H11Cl3N2O2. The van der Waals surface area contributed by atoms with Crippen molar-refractivity contribution in [1.29, 1.82) is 0 Å². The Morgan fingerprint density at radius 1 is 1.00 bits per heavy atom. The first kappa shape index (κ1) is 17.9. The van der Waals surface area contributed by atoms with Gasteiger partial charge in [0.2, 0.25) is 0 Å². The fraction of sp³-hybridized carbons (Fsp3) is 0. The molecule has 4 nitrogen and oxygen atoms in total. The Kier molecular flexibility index (Phi) is 4.79. The normalized spacial score (nSPS) is 11.9. The van der Waals surface area contributed by atoms with Gasteiger partial charge in [0.15, 0.2) is 5.82 Å². The molecule has 27 heavy (non-hydrogen) atoms. The third-order valence-electron chi connectivity index (χ3n) is 3.92. The molecule has 7 heteroatoms. The van der Waals surface area contributed by atoms with Crippen molar-refractivity contribution in [3.63, 3.8) is 0 Å². The van der Waals surface area contributed by atoms with E-state index in [1.54, 1.807) is 42.5 Å². The molecule has 0 saturated carbocycles. The SMILES string of the molecule is O=c1[nH]c(/C(Cl)=C/c2ccc(-c3ccc(Cl)cc3)o2)nc2cc(Cl)ccc12. The van der Waals surface area contributed by atoms with Crippen LogP contribution < -0.4 is 5.56 Å². The highest BCUT2D eigenvalue weighted by Gasteiger charge is 2.09. The van der Waals surface area contributed by atoms with Crippen LogP contribution in [0, 0.1) is 0 Å². The smallest absolute Gasteiger partial charge is 0.259 e. The number of nitrogens with one attached hydrogen (secondary N) is 1. The number of aromatic amines is 1. The number of rotatable bonds is 3. The van der Waals surface area contributed by atoms with Gasteiger partial charge in [0.1, 0.15) is 11.5 Å². The van der Waals surface area contributed by atoms with E-state index in [2.05, 4.69) is 9.97 Å². The monoisotopic (exact) mass is 416 g/mol. The number of nitrogens with zero attached hydrogens (tertiary/aromatic N) is 1. The predicted octanol–water partition coefficient (Wildman–Crippen LogP) is 6.23. The lowest BCUT2D eigenvalue weighted by Crippen LogP contribution is -2.10. The minimum Gasteiger partial charge on any atom is -0.457 e. The first-order chi connectivity index (χ1) is 13.0. The molecule has 0 saturated heterocycles. The summed E-state index contributed by atoms with van der Waals surface area (Å²) in [6.45, 7) is 0. The van der Waals surface area contributed by atoms with Crippen LogP contribution >= 0.6 is 34.8 Å². The first-order valence-corrected chi connectivity index (χ1v) is 9.06. The fourth-order valence-electron chi connectivity index (χ4n) is 2.62. The van der Waals surface area contributed by atoms with Crippen molar-refractivity contribution >= 4 is 56.8 Å². The summed E-state index contributed by atoms with van der Waals surface area (Å²) in [4.78, 5) is 19.3. The molecule has 2 heterocycles. The molecule has 0 aliphatic heterocycles. The second-order valence-corrected chi connectivity index (χ2v) is 7.06. The van der Waals surface area contributed by atoms with E-state index >= 15 is 0 Å². The van der Waals surface area contributed by atoms with Crippen LogP contribution in [0.1, 0.15) is 11.6 Å². The van der Waals surface area contributed by atoms with Crippen LogP contribution in [0.4, 0.5) is 0 Å². The highest BCUT2D eigenvalue weighted by atomic mass is 35.5. The summed E-state index contributed by atoms with van der Waals surface area (Å²) in [5.41, 5.74) is 1.07. The van der Waals surface area contributed by atoms with Crippen molar-refractivity contribution < 1.29 is 4.42 Å².